The Bertz CT molecular complexity index is 388. The Morgan fingerprint density at radius 1 is 1.05 bits per heavy atom. The molecule has 0 saturated carbocycles. The molecule has 0 unspecified atom stereocenters. The van der Waals surface area contributed by atoms with Crippen molar-refractivity contribution in [3.05, 3.63) is 17.5 Å². The van der Waals surface area contributed by atoms with Crippen LogP contribution < -0.4 is 5.32 Å². The first-order valence-corrected chi connectivity index (χ1v) is 8.70. The largest absolute Gasteiger partial charge is 0.308 e. The van der Waals surface area contributed by atoms with E-state index in [1.165, 1.54) is 50.5 Å². The van der Waals surface area contributed by atoms with Gasteiger partial charge in [-0.25, -0.2) is 0 Å². The van der Waals surface area contributed by atoms with Crippen LogP contribution in [0.3, 0.4) is 0 Å². The highest BCUT2D eigenvalue weighted by molar-refractivity contribution is 5.15. The fraction of sp³-hybridized carbons (Fsp3) is 0.833. The average molecular weight is 293 g/mol. The Morgan fingerprint density at radius 2 is 1.67 bits per heavy atom. The zero-order valence-electron chi connectivity index (χ0n) is 14.8. The lowest BCUT2D eigenvalue weighted by Crippen LogP contribution is -2.35. The van der Waals surface area contributed by atoms with Crippen molar-refractivity contribution in [3.8, 4) is 0 Å². The third-order valence-electron chi connectivity index (χ3n) is 3.85. The first-order chi connectivity index (χ1) is 9.92. The zero-order valence-corrected chi connectivity index (χ0v) is 14.8. The SMILES string of the molecule is CCCCCCCCCn1cc(CNC(C)(C)C)c(C)n1. The molecule has 0 atom stereocenters. The summed E-state index contributed by atoms with van der Waals surface area (Å²) in [4.78, 5) is 0. The maximum absolute atomic E-state index is 4.64. The van der Waals surface area contributed by atoms with Crippen LogP contribution in [0.2, 0.25) is 0 Å². The highest BCUT2D eigenvalue weighted by Gasteiger charge is 2.11. The Kier molecular flexibility index (Phi) is 8.02. The van der Waals surface area contributed by atoms with Crippen LogP contribution in [0, 0.1) is 6.92 Å². The smallest absolute Gasteiger partial charge is 0.0638 e. The van der Waals surface area contributed by atoms with Crippen molar-refractivity contribution >= 4 is 0 Å². The van der Waals surface area contributed by atoms with Crippen molar-refractivity contribution in [2.24, 2.45) is 0 Å². The van der Waals surface area contributed by atoms with Gasteiger partial charge in [-0.15, -0.1) is 0 Å². The zero-order chi connectivity index (χ0) is 15.7. The molecule has 0 spiro atoms. The Labute approximate surface area is 131 Å². The maximum Gasteiger partial charge on any atom is 0.0638 e. The summed E-state index contributed by atoms with van der Waals surface area (Å²) in [6, 6.07) is 0. The lowest BCUT2D eigenvalue weighted by atomic mass is 10.1. The van der Waals surface area contributed by atoms with E-state index in [4.69, 9.17) is 0 Å². The molecule has 0 aromatic carbocycles. The van der Waals surface area contributed by atoms with Crippen LogP contribution in [-0.2, 0) is 13.1 Å². The molecule has 0 aliphatic rings. The Balaban J connectivity index is 2.24. The van der Waals surface area contributed by atoms with Gasteiger partial charge in [0.15, 0.2) is 0 Å². The number of hydrogen-bond donors (Lipinski definition) is 1. The molecule has 0 fully saturated rings. The first-order valence-electron chi connectivity index (χ1n) is 8.70. The first kappa shape index (κ1) is 18.2. The molecule has 0 bridgehead atoms. The van der Waals surface area contributed by atoms with E-state index in [0.717, 1.165) is 18.8 Å². The summed E-state index contributed by atoms with van der Waals surface area (Å²) in [6.45, 7) is 12.9. The molecule has 122 valence electrons. The standard InChI is InChI=1S/C18H35N3/c1-6-7-8-9-10-11-12-13-21-15-17(16(2)20-21)14-19-18(3,4)5/h15,19H,6-14H2,1-5H3. The van der Waals surface area contributed by atoms with Gasteiger partial charge in [0.05, 0.1) is 5.69 Å². The van der Waals surface area contributed by atoms with E-state index in [-0.39, 0.29) is 5.54 Å². The molecular formula is C18H35N3. The van der Waals surface area contributed by atoms with Gasteiger partial charge in [0.2, 0.25) is 0 Å². The van der Waals surface area contributed by atoms with E-state index in [1.54, 1.807) is 0 Å². The van der Waals surface area contributed by atoms with Gasteiger partial charge < -0.3 is 5.32 Å². The van der Waals surface area contributed by atoms with Gasteiger partial charge in [0.25, 0.3) is 0 Å². The van der Waals surface area contributed by atoms with Gasteiger partial charge in [-0.2, -0.15) is 5.10 Å². The Morgan fingerprint density at radius 3 is 2.29 bits per heavy atom. The highest BCUT2D eigenvalue weighted by atomic mass is 15.3. The number of unbranched alkanes of at least 4 members (excludes halogenated alkanes) is 6. The quantitative estimate of drug-likeness (QED) is 0.626. The van der Waals surface area contributed by atoms with Gasteiger partial charge in [0, 0.05) is 30.4 Å². The third kappa shape index (κ3) is 8.25. The summed E-state index contributed by atoms with van der Waals surface area (Å²) in [5, 5.41) is 8.17. The average Bonchev–Trinajstić information content (AvgIpc) is 2.75. The van der Waals surface area contributed by atoms with Crippen molar-refractivity contribution in [1.29, 1.82) is 0 Å². The van der Waals surface area contributed by atoms with Gasteiger partial charge >= 0.3 is 0 Å². The fourth-order valence-electron chi connectivity index (χ4n) is 2.44. The second-order valence-electron chi connectivity index (χ2n) is 7.23. The number of hydrogen-bond acceptors (Lipinski definition) is 2. The van der Waals surface area contributed by atoms with Crippen molar-refractivity contribution in [3.63, 3.8) is 0 Å². The van der Waals surface area contributed by atoms with E-state index < -0.39 is 0 Å². The van der Waals surface area contributed by atoms with Crippen LogP contribution in [0.1, 0.15) is 83.9 Å². The molecule has 3 heteroatoms. The monoisotopic (exact) mass is 293 g/mol. The lowest BCUT2D eigenvalue weighted by molar-refractivity contribution is 0.423. The number of nitrogens with one attached hydrogen (secondary N) is 1. The summed E-state index contributed by atoms with van der Waals surface area (Å²) in [7, 11) is 0. The van der Waals surface area contributed by atoms with Gasteiger partial charge in [-0.3, -0.25) is 4.68 Å². The second-order valence-corrected chi connectivity index (χ2v) is 7.23. The summed E-state index contributed by atoms with van der Waals surface area (Å²) in [5.74, 6) is 0. The van der Waals surface area contributed by atoms with Crippen LogP contribution in [0.15, 0.2) is 6.20 Å². The van der Waals surface area contributed by atoms with Gasteiger partial charge in [-0.05, 0) is 34.1 Å². The number of aromatic nitrogens is 2. The molecule has 0 saturated heterocycles. The molecule has 1 rings (SSSR count). The normalized spacial score (nSPS) is 12.0. The van der Waals surface area contributed by atoms with Gasteiger partial charge in [-0.1, -0.05) is 45.4 Å². The van der Waals surface area contributed by atoms with Crippen LogP contribution >= 0.6 is 0 Å². The molecule has 1 N–H and O–H groups in total. The molecule has 21 heavy (non-hydrogen) atoms. The minimum Gasteiger partial charge on any atom is -0.308 e. The number of nitrogens with zero attached hydrogens (tertiary/aromatic N) is 2. The van der Waals surface area contributed by atoms with Gasteiger partial charge in [0.1, 0.15) is 0 Å². The fourth-order valence-corrected chi connectivity index (χ4v) is 2.44. The Hall–Kier alpha value is -0.830. The third-order valence-corrected chi connectivity index (χ3v) is 3.85. The van der Waals surface area contributed by atoms with E-state index in [1.807, 2.05) is 0 Å². The molecule has 0 radical (unpaired) electrons. The summed E-state index contributed by atoms with van der Waals surface area (Å²) >= 11 is 0. The summed E-state index contributed by atoms with van der Waals surface area (Å²) in [5.41, 5.74) is 2.65. The van der Waals surface area contributed by atoms with Crippen molar-refractivity contribution in [1.82, 2.24) is 15.1 Å². The predicted molar refractivity (Wildman–Crippen MR) is 91.5 cm³/mol. The van der Waals surface area contributed by atoms with Crippen LogP contribution in [0.5, 0.6) is 0 Å². The van der Waals surface area contributed by atoms with Crippen molar-refractivity contribution in [2.75, 3.05) is 0 Å². The highest BCUT2D eigenvalue weighted by Crippen LogP contribution is 2.11. The number of rotatable bonds is 10. The molecular weight excluding hydrogens is 258 g/mol. The minimum atomic E-state index is 0.160. The minimum absolute atomic E-state index is 0.160. The van der Waals surface area contributed by atoms with Crippen molar-refractivity contribution in [2.45, 2.75) is 98.2 Å². The molecule has 1 aromatic rings. The van der Waals surface area contributed by atoms with E-state index in [0.29, 0.717) is 0 Å². The van der Waals surface area contributed by atoms with E-state index in [2.05, 4.69) is 55.9 Å². The topological polar surface area (TPSA) is 29.9 Å². The number of aryl methyl sites for hydroxylation is 2. The molecule has 1 aromatic heterocycles. The molecule has 3 nitrogen and oxygen atoms in total. The van der Waals surface area contributed by atoms with Crippen LogP contribution in [0.25, 0.3) is 0 Å². The lowest BCUT2D eigenvalue weighted by Gasteiger charge is -2.20. The maximum atomic E-state index is 4.64. The molecule has 0 amide bonds. The van der Waals surface area contributed by atoms with Crippen LogP contribution in [0.4, 0.5) is 0 Å². The molecule has 0 aliphatic carbocycles. The summed E-state index contributed by atoms with van der Waals surface area (Å²) < 4.78 is 2.13. The van der Waals surface area contributed by atoms with Crippen LogP contribution in [-0.4, -0.2) is 15.3 Å². The predicted octanol–water partition coefficient (Wildman–Crippen LogP) is 4.83. The molecule has 0 aliphatic heterocycles. The molecule has 1 heterocycles. The van der Waals surface area contributed by atoms with E-state index in [9.17, 15) is 0 Å². The van der Waals surface area contributed by atoms with E-state index >= 15 is 0 Å². The van der Waals surface area contributed by atoms with Crippen molar-refractivity contribution < 1.29 is 0 Å². The second kappa shape index (κ2) is 9.24. The summed E-state index contributed by atoms with van der Waals surface area (Å²) in [6.07, 6.45) is 11.7.